The van der Waals surface area contributed by atoms with Crippen molar-refractivity contribution in [1.29, 1.82) is 0 Å². The second-order valence-corrected chi connectivity index (χ2v) is 8.26. The lowest BCUT2D eigenvalue weighted by Crippen LogP contribution is -2.37. The number of fused-ring (bicyclic) bond motifs is 1. The molecule has 0 radical (unpaired) electrons. The standard InChI is InChI=1S/C23H24FNO4/c1-23(2,3)29-20(26)13-16(11-15-7-6-8-17(24)12-15)14-25-21(27)18-9-4-5-10-19(18)22(25)28/h4-10,12,16H,11,13-14H2,1-3H3/t16-/m1/s1. The zero-order valence-electron chi connectivity index (χ0n) is 16.8. The fourth-order valence-electron chi connectivity index (χ4n) is 3.48. The van der Waals surface area contributed by atoms with Gasteiger partial charge in [0.2, 0.25) is 0 Å². The summed E-state index contributed by atoms with van der Waals surface area (Å²) in [5, 5.41) is 0. The summed E-state index contributed by atoms with van der Waals surface area (Å²) in [6.07, 6.45) is 0.353. The molecule has 1 heterocycles. The van der Waals surface area contributed by atoms with E-state index in [9.17, 15) is 18.8 Å². The lowest BCUT2D eigenvalue weighted by molar-refractivity contribution is -0.156. The first-order valence-electron chi connectivity index (χ1n) is 9.55. The topological polar surface area (TPSA) is 63.7 Å². The molecule has 2 amide bonds. The lowest BCUT2D eigenvalue weighted by Gasteiger charge is -2.25. The molecule has 6 heteroatoms. The van der Waals surface area contributed by atoms with E-state index in [0.717, 1.165) is 0 Å². The van der Waals surface area contributed by atoms with Crippen LogP contribution in [0.25, 0.3) is 0 Å². The minimum Gasteiger partial charge on any atom is -0.460 e. The average Bonchev–Trinajstić information content (AvgIpc) is 2.85. The van der Waals surface area contributed by atoms with Crippen LogP contribution in [0.2, 0.25) is 0 Å². The summed E-state index contributed by atoms with van der Waals surface area (Å²) in [4.78, 5) is 38.9. The first-order valence-corrected chi connectivity index (χ1v) is 9.55. The molecule has 0 saturated heterocycles. The van der Waals surface area contributed by atoms with Crippen molar-refractivity contribution in [3.63, 3.8) is 0 Å². The highest BCUT2D eigenvalue weighted by Gasteiger charge is 2.37. The highest BCUT2D eigenvalue weighted by molar-refractivity contribution is 6.21. The Hall–Kier alpha value is -3.02. The number of esters is 1. The van der Waals surface area contributed by atoms with Crippen molar-refractivity contribution in [1.82, 2.24) is 4.90 Å². The molecule has 1 aliphatic heterocycles. The van der Waals surface area contributed by atoms with Crippen molar-refractivity contribution in [2.75, 3.05) is 6.54 Å². The SMILES string of the molecule is CC(C)(C)OC(=O)C[C@@H](Cc1cccc(F)c1)CN1C(=O)c2ccccc2C1=O. The highest BCUT2D eigenvalue weighted by atomic mass is 19.1. The minimum atomic E-state index is -0.643. The molecule has 1 atom stereocenters. The van der Waals surface area contributed by atoms with Crippen LogP contribution in [0.4, 0.5) is 4.39 Å². The van der Waals surface area contributed by atoms with E-state index < -0.39 is 17.5 Å². The Morgan fingerprint density at radius 3 is 2.21 bits per heavy atom. The van der Waals surface area contributed by atoms with E-state index in [1.165, 1.54) is 17.0 Å². The van der Waals surface area contributed by atoms with Gasteiger partial charge in [0.25, 0.3) is 11.8 Å². The van der Waals surface area contributed by atoms with Gasteiger partial charge in [-0.25, -0.2) is 4.39 Å². The third-order valence-corrected chi connectivity index (χ3v) is 4.61. The maximum absolute atomic E-state index is 13.6. The normalized spacial score (nSPS) is 14.7. The molecule has 0 unspecified atom stereocenters. The number of nitrogens with zero attached hydrogens (tertiary/aromatic N) is 1. The molecule has 2 aromatic carbocycles. The molecule has 0 fully saturated rings. The summed E-state index contributed by atoms with van der Waals surface area (Å²) in [7, 11) is 0. The van der Waals surface area contributed by atoms with E-state index in [4.69, 9.17) is 4.74 Å². The number of imide groups is 1. The van der Waals surface area contributed by atoms with Crippen LogP contribution in [0, 0.1) is 11.7 Å². The molecule has 0 N–H and O–H groups in total. The number of amides is 2. The zero-order valence-corrected chi connectivity index (χ0v) is 16.8. The summed E-state index contributed by atoms with van der Waals surface area (Å²) in [6, 6.07) is 12.7. The highest BCUT2D eigenvalue weighted by Crippen LogP contribution is 2.26. The number of rotatable bonds is 6. The molecular formula is C23H24FNO4. The van der Waals surface area contributed by atoms with Gasteiger partial charge in [-0.15, -0.1) is 0 Å². The Balaban J connectivity index is 1.80. The van der Waals surface area contributed by atoms with E-state index in [2.05, 4.69) is 0 Å². The fraction of sp³-hybridized carbons (Fsp3) is 0.348. The number of carbonyl (C=O) groups is 3. The third kappa shape index (κ3) is 5.08. The fourth-order valence-corrected chi connectivity index (χ4v) is 3.48. The maximum atomic E-state index is 13.6. The smallest absolute Gasteiger partial charge is 0.306 e. The van der Waals surface area contributed by atoms with Gasteiger partial charge in [-0.2, -0.15) is 0 Å². The van der Waals surface area contributed by atoms with E-state index >= 15 is 0 Å². The summed E-state index contributed by atoms with van der Waals surface area (Å²) >= 11 is 0. The van der Waals surface area contributed by atoms with Crippen molar-refractivity contribution in [2.45, 2.75) is 39.2 Å². The Morgan fingerprint density at radius 1 is 1.03 bits per heavy atom. The molecule has 29 heavy (non-hydrogen) atoms. The number of carbonyl (C=O) groups excluding carboxylic acids is 3. The van der Waals surface area contributed by atoms with E-state index in [1.54, 1.807) is 57.2 Å². The molecule has 0 spiro atoms. The second-order valence-electron chi connectivity index (χ2n) is 8.26. The molecule has 2 aromatic rings. The Labute approximate surface area is 169 Å². The number of halogens is 1. The summed E-state index contributed by atoms with van der Waals surface area (Å²) in [6.45, 7) is 5.38. The van der Waals surface area contributed by atoms with Crippen LogP contribution >= 0.6 is 0 Å². The van der Waals surface area contributed by atoms with Crippen LogP contribution in [-0.2, 0) is 16.0 Å². The van der Waals surface area contributed by atoms with Crippen LogP contribution in [0.3, 0.4) is 0 Å². The van der Waals surface area contributed by atoms with Crippen LogP contribution in [-0.4, -0.2) is 34.8 Å². The van der Waals surface area contributed by atoms with Gasteiger partial charge in [0.15, 0.2) is 0 Å². The van der Waals surface area contributed by atoms with Crippen molar-refractivity contribution in [3.05, 3.63) is 71.0 Å². The molecule has 5 nitrogen and oxygen atoms in total. The quantitative estimate of drug-likeness (QED) is 0.546. The summed E-state index contributed by atoms with van der Waals surface area (Å²) in [5.74, 6) is -1.94. The second kappa shape index (κ2) is 8.15. The molecule has 0 aromatic heterocycles. The molecule has 152 valence electrons. The molecule has 1 aliphatic rings. The Morgan fingerprint density at radius 2 is 1.66 bits per heavy atom. The number of hydrogen-bond donors (Lipinski definition) is 0. The van der Waals surface area contributed by atoms with E-state index in [1.807, 2.05) is 0 Å². The number of benzene rings is 2. The lowest BCUT2D eigenvalue weighted by atomic mass is 9.95. The largest absolute Gasteiger partial charge is 0.460 e. The maximum Gasteiger partial charge on any atom is 0.306 e. The van der Waals surface area contributed by atoms with Crippen molar-refractivity contribution < 1.29 is 23.5 Å². The van der Waals surface area contributed by atoms with E-state index in [-0.39, 0.29) is 30.6 Å². The van der Waals surface area contributed by atoms with Crippen molar-refractivity contribution >= 4 is 17.8 Å². The molecular weight excluding hydrogens is 373 g/mol. The first-order chi connectivity index (χ1) is 13.6. The van der Waals surface area contributed by atoms with Gasteiger partial charge in [0.1, 0.15) is 11.4 Å². The summed E-state index contributed by atoms with van der Waals surface area (Å²) in [5.41, 5.74) is 0.768. The predicted octanol–water partition coefficient (Wildman–Crippen LogP) is 4.01. The number of hydrogen-bond acceptors (Lipinski definition) is 4. The van der Waals surface area contributed by atoms with Gasteiger partial charge < -0.3 is 4.74 Å². The summed E-state index contributed by atoms with van der Waals surface area (Å²) < 4.78 is 19.0. The van der Waals surface area contributed by atoms with Gasteiger partial charge in [0, 0.05) is 6.54 Å². The van der Waals surface area contributed by atoms with Gasteiger partial charge in [-0.3, -0.25) is 19.3 Å². The van der Waals surface area contributed by atoms with Crippen LogP contribution < -0.4 is 0 Å². The van der Waals surface area contributed by atoms with Crippen molar-refractivity contribution in [2.24, 2.45) is 5.92 Å². The minimum absolute atomic E-state index is 0.0151. The Bertz CT molecular complexity index is 913. The van der Waals surface area contributed by atoms with Gasteiger partial charge in [-0.1, -0.05) is 24.3 Å². The molecule has 0 aliphatic carbocycles. The van der Waals surface area contributed by atoms with Gasteiger partial charge in [0.05, 0.1) is 17.5 Å². The Kier molecular flexibility index (Phi) is 5.82. The van der Waals surface area contributed by atoms with Gasteiger partial charge in [-0.05, 0) is 62.9 Å². The average molecular weight is 397 g/mol. The monoisotopic (exact) mass is 397 g/mol. The number of ether oxygens (including phenoxy) is 1. The van der Waals surface area contributed by atoms with Crippen LogP contribution in [0.15, 0.2) is 48.5 Å². The third-order valence-electron chi connectivity index (χ3n) is 4.61. The zero-order chi connectivity index (χ0) is 21.2. The van der Waals surface area contributed by atoms with E-state index in [0.29, 0.717) is 23.1 Å². The molecule has 3 rings (SSSR count). The molecule has 0 bridgehead atoms. The van der Waals surface area contributed by atoms with Gasteiger partial charge >= 0.3 is 5.97 Å². The van der Waals surface area contributed by atoms with Crippen molar-refractivity contribution in [3.8, 4) is 0 Å². The molecule has 0 saturated carbocycles. The first kappa shape index (κ1) is 20.7. The van der Waals surface area contributed by atoms with Crippen LogP contribution in [0.1, 0.15) is 53.5 Å². The van der Waals surface area contributed by atoms with Crippen LogP contribution in [0.5, 0.6) is 0 Å². The predicted molar refractivity (Wildman–Crippen MR) is 106 cm³/mol.